The molecule has 3 aliphatic rings. The average Bonchev–Trinajstić information content (AvgIpc) is 0.769. The van der Waals surface area contributed by atoms with E-state index in [9.17, 15) is 23.8 Å². The summed E-state index contributed by atoms with van der Waals surface area (Å²) in [5, 5.41) is 5.60. The van der Waals surface area contributed by atoms with Crippen molar-refractivity contribution in [3.05, 3.63) is 287 Å². The molecular formula is C81H91N2O21P. The number of rotatable bonds is 37. The molecule has 105 heavy (non-hydrogen) atoms. The van der Waals surface area contributed by atoms with Crippen molar-refractivity contribution in [1.29, 1.82) is 0 Å². The maximum atomic E-state index is 14.6. The standard InChI is InChI=1S/C81H91N2O21P/c1-56-70(91-48-61-32-16-6-17-33-61)74(93-50-63-36-20-8-21-37-63)77(80(98-56)104-105(87,88)97-45-44-82-81(86)96-53-66-42-26-11-27-43-66)103-79-76(95-52-65-40-24-10-25-41-65)75(94-51-64-38-22-9-23-39-64)72(68(101-79)55-90-47-60-30-14-5-15-31-60)102-78-69(83-57(2)84)73(92-49-62-34-18-7-19-35-62)71(99-58(3)85)67(100-78)54-89-46-59-28-12-4-13-29-59/h4-43,56,67-80H,44-55H2,1-3H3,(H,82,86)(H,83,84)(H,87,88)/t56-,67+,68+,69-,70-,71+,72+,73+,74+,75-,76+,77+,78-,79+,80-/m0/s1. The maximum Gasteiger partial charge on any atom is 0.474 e. The summed E-state index contributed by atoms with van der Waals surface area (Å²) in [6.07, 6.45) is -19.0. The Labute approximate surface area is 612 Å². The minimum absolute atomic E-state index is 0.00699. The number of phosphoric acid groups is 1. The molecule has 3 fully saturated rings. The first kappa shape index (κ1) is 77.7. The third kappa shape index (κ3) is 24.1. The second-order valence-corrected chi connectivity index (χ2v) is 26.9. The van der Waals surface area contributed by atoms with Crippen molar-refractivity contribution < 1.29 is 99.2 Å². The van der Waals surface area contributed by atoms with Crippen LogP contribution < -0.4 is 10.6 Å². The second-order valence-electron chi connectivity index (χ2n) is 25.5. The lowest BCUT2D eigenvalue weighted by Gasteiger charge is -2.51. The smallest absolute Gasteiger partial charge is 0.457 e. The fraction of sp³-hybridized carbons (Fsp3) is 0.370. The molecule has 16 atom stereocenters. The zero-order valence-electron chi connectivity index (χ0n) is 58.8. The van der Waals surface area contributed by atoms with Crippen LogP contribution in [-0.2, 0) is 142 Å². The van der Waals surface area contributed by atoms with Gasteiger partial charge in [-0.2, -0.15) is 0 Å². The molecule has 0 radical (unpaired) electrons. The van der Waals surface area contributed by atoms with E-state index in [-0.39, 0.29) is 72.6 Å². The highest BCUT2D eigenvalue weighted by Gasteiger charge is 2.58. The molecule has 3 N–H and O–H groups in total. The molecule has 23 nitrogen and oxygen atoms in total. The van der Waals surface area contributed by atoms with Crippen LogP contribution in [0.3, 0.4) is 0 Å². The van der Waals surface area contributed by atoms with E-state index < -0.39 is 124 Å². The fourth-order valence-corrected chi connectivity index (χ4v) is 13.3. The van der Waals surface area contributed by atoms with Crippen LogP contribution in [0.4, 0.5) is 4.79 Å². The monoisotopic (exact) mass is 1460 g/mol. The van der Waals surface area contributed by atoms with Crippen LogP contribution in [0, 0.1) is 0 Å². The Morgan fingerprint density at radius 2 is 0.771 bits per heavy atom. The number of phosphoric ester groups is 1. The number of carbonyl (C=O) groups is 3. The summed E-state index contributed by atoms with van der Waals surface area (Å²) < 4.78 is 122. The largest absolute Gasteiger partial charge is 0.474 e. The first-order chi connectivity index (χ1) is 51.3. The molecule has 1 unspecified atom stereocenters. The van der Waals surface area contributed by atoms with Crippen LogP contribution >= 0.6 is 7.82 Å². The summed E-state index contributed by atoms with van der Waals surface area (Å²) >= 11 is 0. The summed E-state index contributed by atoms with van der Waals surface area (Å²) in [7, 11) is -5.21. The van der Waals surface area contributed by atoms with Gasteiger partial charge in [0.25, 0.3) is 0 Å². The van der Waals surface area contributed by atoms with E-state index in [1.807, 2.05) is 231 Å². The van der Waals surface area contributed by atoms with Crippen molar-refractivity contribution >= 4 is 25.8 Å². The average molecular weight is 1460 g/mol. The number of ether oxygens (including phenoxy) is 14. The maximum absolute atomic E-state index is 14.6. The summed E-state index contributed by atoms with van der Waals surface area (Å²) in [5.74, 6) is -1.14. The Morgan fingerprint density at radius 3 is 1.20 bits per heavy atom. The molecule has 3 aliphatic heterocycles. The number of hydrogen-bond donors (Lipinski definition) is 3. The lowest BCUT2D eigenvalue weighted by Crippen LogP contribution is -2.69. The Kier molecular flexibility index (Phi) is 29.9. The Bertz CT molecular complexity index is 3890. The van der Waals surface area contributed by atoms with E-state index >= 15 is 0 Å². The third-order valence-electron chi connectivity index (χ3n) is 17.5. The Morgan fingerprint density at radius 1 is 0.410 bits per heavy atom. The summed E-state index contributed by atoms with van der Waals surface area (Å²) in [5.41, 5.74) is 6.33. The highest BCUT2D eigenvalue weighted by atomic mass is 31.2. The lowest BCUT2D eigenvalue weighted by molar-refractivity contribution is -0.387. The van der Waals surface area contributed by atoms with Crippen LogP contribution in [0.1, 0.15) is 65.3 Å². The summed E-state index contributed by atoms with van der Waals surface area (Å²) in [6, 6.07) is 74.1. The first-order valence-corrected chi connectivity index (χ1v) is 36.6. The van der Waals surface area contributed by atoms with Crippen LogP contribution in [0.25, 0.3) is 0 Å². The first-order valence-electron chi connectivity index (χ1n) is 35.1. The summed E-state index contributed by atoms with van der Waals surface area (Å²) in [6.45, 7) is 3.38. The minimum atomic E-state index is -5.21. The van der Waals surface area contributed by atoms with Gasteiger partial charge in [-0.25, -0.2) is 9.36 Å². The second kappa shape index (κ2) is 40.4. The van der Waals surface area contributed by atoms with Crippen LogP contribution in [0.5, 0.6) is 0 Å². The van der Waals surface area contributed by atoms with Crippen molar-refractivity contribution in [1.82, 2.24) is 10.6 Å². The molecule has 11 rings (SSSR count). The van der Waals surface area contributed by atoms with Crippen molar-refractivity contribution in [3.8, 4) is 0 Å². The van der Waals surface area contributed by atoms with Gasteiger partial charge in [-0.3, -0.25) is 18.6 Å². The number of nitrogens with one attached hydrogen (secondary N) is 2. The minimum Gasteiger partial charge on any atom is -0.457 e. The van der Waals surface area contributed by atoms with Gasteiger partial charge < -0.3 is 81.8 Å². The van der Waals surface area contributed by atoms with Crippen molar-refractivity contribution in [2.45, 2.75) is 166 Å². The molecular weight excluding hydrogens is 1370 g/mol. The zero-order valence-corrected chi connectivity index (χ0v) is 59.7. The van der Waals surface area contributed by atoms with Gasteiger partial charge in [0.05, 0.1) is 72.2 Å². The summed E-state index contributed by atoms with van der Waals surface area (Å²) in [4.78, 5) is 51.9. The molecule has 0 spiro atoms. The van der Waals surface area contributed by atoms with E-state index in [1.54, 1.807) is 19.1 Å². The van der Waals surface area contributed by atoms with Gasteiger partial charge in [0.1, 0.15) is 67.6 Å². The molecule has 0 aliphatic carbocycles. The molecule has 0 bridgehead atoms. The predicted molar refractivity (Wildman–Crippen MR) is 383 cm³/mol. The number of esters is 1. The van der Waals surface area contributed by atoms with Gasteiger partial charge in [0.15, 0.2) is 25.0 Å². The van der Waals surface area contributed by atoms with E-state index in [2.05, 4.69) is 10.6 Å². The fourth-order valence-electron chi connectivity index (χ4n) is 12.5. The van der Waals surface area contributed by atoms with Crippen LogP contribution in [0.15, 0.2) is 243 Å². The van der Waals surface area contributed by atoms with Crippen LogP contribution in [-0.4, -0.2) is 141 Å². The topological polar surface area (TPSA) is 260 Å². The lowest BCUT2D eigenvalue weighted by atomic mass is 9.94. The number of alkyl carbamates (subject to hydrolysis) is 1. The number of hydrogen-bond acceptors (Lipinski definition) is 20. The highest BCUT2D eigenvalue weighted by Crippen LogP contribution is 2.48. The predicted octanol–water partition coefficient (Wildman–Crippen LogP) is 11.8. The third-order valence-corrected chi connectivity index (χ3v) is 18.5. The normalized spacial score (nSPS) is 25.1. The van der Waals surface area contributed by atoms with Gasteiger partial charge in [-0.15, -0.1) is 0 Å². The van der Waals surface area contributed by atoms with Gasteiger partial charge >= 0.3 is 19.9 Å². The SMILES string of the molecule is CC(=O)N[C@@H]1[C@H](O[C@H]2[C@H](OCc3ccccc3)[C@@H](OCc3ccccc3)[C@@H](O[C@H]3[C@H](OP(=O)(O)OCCNC(=O)OCc4ccccc4)O[C@@H](C)[C@H](OCc4ccccc4)[C@H]3OCc3ccccc3)O[C@@H]2COCc2ccccc2)O[C@H](COCc2ccccc2)[C@@H](OC(C)=O)[C@@H]1OCc1ccccc1. The molecule has 24 heteroatoms. The van der Waals surface area contributed by atoms with E-state index in [0.29, 0.717) is 0 Å². The Hall–Kier alpha value is -8.40. The molecule has 3 saturated heterocycles. The molecule has 8 aromatic rings. The molecule has 0 aromatic heterocycles. The van der Waals surface area contributed by atoms with Crippen molar-refractivity contribution in [2.75, 3.05) is 26.4 Å². The zero-order chi connectivity index (χ0) is 73.0. The number of carbonyl (C=O) groups excluding carboxylic acids is 3. The van der Waals surface area contributed by atoms with Crippen LogP contribution in [0.2, 0.25) is 0 Å². The Balaban J connectivity index is 1.00. The van der Waals surface area contributed by atoms with E-state index in [1.165, 1.54) is 13.8 Å². The molecule has 0 saturated carbocycles. The molecule has 8 aromatic carbocycles. The van der Waals surface area contributed by atoms with Gasteiger partial charge in [0, 0.05) is 20.4 Å². The van der Waals surface area contributed by atoms with E-state index in [0.717, 1.165) is 44.5 Å². The quantitative estimate of drug-likeness (QED) is 0.0186. The van der Waals surface area contributed by atoms with Crippen molar-refractivity contribution in [3.63, 3.8) is 0 Å². The van der Waals surface area contributed by atoms with E-state index in [4.69, 9.17) is 75.4 Å². The molecule has 556 valence electrons. The number of amides is 2. The van der Waals surface area contributed by atoms with Gasteiger partial charge in [-0.1, -0.05) is 243 Å². The molecule has 2 amide bonds. The highest BCUT2D eigenvalue weighted by molar-refractivity contribution is 7.47. The van der Waals surface area contributed by atoms with Crippen molar-refractivity contribution in [2.24, 2.45) is 0 Å². The van der Waals surface area contributed by atoms with Gasteiger partial charge in [-0.05, 0) is 51.4 Å². The number of benzene rings is 8. The van der Waals surface area contributed by atoms with Gasteiger partial charge in [0.2, 0.25) is 5.91 Å². The molecule has 3 heterocycles.